The van der Waals surface area contributed by atoms with E-state index >= 15 is 0 Å². The maximum atomic E-state index is 12.1. The van der Waals surface area contributed by atoms with E-state index in [-0.39, 0.29) is 29.7 Å². The lowest BCUT2D eigenvalue weighted by Gasteiger charge is -2.33. The number of nitro groups is 1. The van der Waals surface area contributed by atoms with Gasteiger partial charge in [0.25, 0.3) is 0 Å². The van der Waals surface area contributed by atoms with Gasteiger partial charge in [0, 0.05) is 11.5 Å². The molecule has 0 aliphatic carbocycles. The molecule has 0 saturated carbocycles. The molecule has 0 saturated heterocycles. The second kappa shape index (κ2) is 6.60. The van der Waals surface area contributed by atoms with Crippen molar-refractivity contribution < 1.29 is 9.72 Å². The Labute approximate surface area is 134 Å². The molecular weight excluding hydrogens is 296 g/mol. The molecule has 1 aromatic heterocycles. The highest BCUT2D eigenvalue weighted by molar-refractivity contribution is 5.76. The first-order chi connectivity index (χ1) is 10.8. The molecule has 1 amide bonds. The monoisotopic (exact) mass is 316 g/mol. The number of amides is 1. The minimum absolute atomic E-state index is 0.0525. The van der Waals surface area contributed by atoms with E-state index < -0.39 is 4.92 Å². The van der Waals surface area contributed by atoms with Crippen molar-refractivity contribution in [2.45, 2.75) is 38.8 Å². The summed E-state index contributed by atoms with van der Waals surface area (Å²) in [7, 11) is 0. The van der Waals surface area contributed by atoms with Crippen LogP contribution in [0, 0.1) is 10.1 Å². The number of nitrogens with zero attached hydrogens (tertiary/aromatic N) is 3. The van der Waals surface area contributed by atoms with E-state index in [0.717, 1.165) is 5.56 Å². The number of aromatic nitrogens is 2. The Morgan fingerprint density at radius 1 is 1.35 bits per heavy atom. The van der Waals surface area contributed by atoms with Crippen LogP contribution in [0.4, 0.5) is 5.82 Å². The van der Waals surface area contributed by atoms with Gasteiger partial charge in [-0.3, -0.25) is 4.79 Å². The minimum atomic E-state index is -0.588. The van der Waals surface area contributed by atoms with Crippen LogP contribution in [0.2, 0.25) is 0 Å². The average molecular weight is 316 g/mol. The van der Waals surface area contributed by atoms with Gasteiger partial charge in [0.05, 0.1) is 17.4 Å². The Kier molecular flexibility index (Phi) is 4.78. The zero-order valence-corrected chi connectivity index (χ0v) is 13.4. The van der Waals surface area contributed by atoms with E-state index in [1.165, 1.54) is 16.9 Å². The van der Waals surface area contributed by atoms with Crippen LogP contribution in [0.3, 0.4) is 0 Å². The van der Waals surface area contributed by atoms with Crippen LogP contribution >= 0.6 is 0 Å². The van der Waals surface area contributed by atoms with E-state index in [0.29, 0.717) is 0 Å². The maximum absolute atomic E-state index is 12.1. The first kappa shape index (κ1) is 16.7. The van der Waals surface area contributed by atoms with Crippen LogP contribution in [0.25, 0.3) is 0 Å². The number of nitrogens with one attached hydrogen (secondary N) is 1. The summed E-state index contributed by atoms with van der Waals surface area (Å²) in [5.74, 6) is -0.505. The molecule has 1 heterocycles. The summed E-state index contributed by atoms with van der Waals surface area (Å²) in [6.07, 6.45) is 1.42. The molecule has 0 unspecified atom stereocenters. The van der Waals surface area contributed by atoms with Crippen LogP contribution in [0.1, 0.15) is 26.3 Å². The number of rotatable bonds is 6. The standard InChI is InChI=1S/C16H20N4O3/c1-12(16(2,3)13-7-5-4-6-8-13)17-15(21)11-19-10-9-14(18-19)20(22)23/h4-10,12H,11H2,1-3H3,(H,17,21)/t12-/m0/s1. The van der Waals surface area contributed by atoms with Gasteiger partial charge < -0.3 is 15.4 Å². The lowest BCUT2D eigenvalue weighted by molar-refractivity contribution is -0.389. The van der Waals surface area contributed by atoms with Crippen molar-refractivity contribution in [3.05, 3.63) is 58.3 Å². The third-order valence-electron chi connectivity index (χ3n) is 4.10. The first-order valence-corrected chi connectivity index (χ1v) is 7.33. The van der Waals surface area contributed by atoms with E-state index in [1.54, 1.807) is 0 Å². The molecule has 122 valence electrons. The zero-order chi connectivity index (χ0) is 17.0. The van der Waals surface area contributed by atoms with Gasteiger partial charge in [0.2, 0.25) is 5.91 Å². The molecular formula is C16H20N4O3. The summed E-state index contributed by atoms with van der Waals surface area (Å²) in [4.78, 5) is 22.1. The second-order valence-electron chi connectivity index (χ2n) is 6.01. The number of hydrogen-bond acceptors (Lipinski definition) is 4. The normalized spacial score (nSPS) is 12.7. The predicted molar refractivity (Wildman–Crippen MR) is 86.0 cm³/mol. The molecule has 7 nitrogen and oxygen atoms in total. The Morgan fingerprint density at radius 3 is 2.57 bits per heavy atom. The molecule has 2 aromatic rings. The Hall–Kier alpha value is -2.70. The van der Waals surface area contributed by atoms with Crippen molar-refractivity contribution in [1.29, 1.82) is 0 Å². The van der Waals surface area contributed by atoms with Crippen molar-refractivity contribution in [2.24, 2.45) is 0 Å². The van der Waals surface area contributed by atoms with Crippen molar-refractivity contribution in [3.63, 3.8) is 0 Å². The predicted octanol–water partition coefficient (Wildman–Crippen LogP) is 2.27. The van der Waals surface area contributed by atoms with Crippen LogP contribution in [0.5, 0.6) is 0 Å². The quantitative estimate of drug-likeness (QED) is 0.654. The Bertz CT molecular complexity index is 694. The molecule has 0 spiro atoms. The lowest BCUT2D eigenvalue weighted by Crippen LogP contribution is -2.46. The fourth-order valence-corrected chi connectivity index (χ4v) is 2.27. The van der Waals surface area contributed by atoms with Gasteiger partial charge in [-0.25, -0.2) is 0 Å². The summed E-state index contributed by atoms with van der Waals surface area (Å²) in [5.41, 5.74) is 0.884. The van der Waals surface area contributed by atoms with E-state index in [2.05, 4.69) is 24.3 Å². The minimum Gasteiger partial charge on any atom is -0.358 e. The number of hydrogen-bond donors (Lipinski definition) is 1. The van der Waals surface area contributed by atoms with E-state index in [9.17, 15) is 14.9 Å². The lowest BCUT2D eigenvalue weighted by atomic mass is 9.78. The van der Waals surface area contributed by atoms with Gasteiger partial charge in [0.1, 0.15) is 6.54 Å². The summed E-state index contributed by atoms with van der Waals surface area (Å²) in [6, 6.07) is 11.1. The molecule has 7 heteroatoms. The Morgan fingerprint density at radius 2 is 2.00 bits per heavy atom. The highest BCUT2D eigenvalue weighted by Gasteiger charge is 2.29. The molecule has 1 N–H and O–H groups in total. The molecule has 1 atom stereocenters. The summed E-state index contributed by atoms with van der Waals surface area (Å²) < 4.78 is 1.26. The summed E-state index contributed by atoms with van der Waals surface area (Å²) >= 11 is 0. The molecule has 23 heavy (non-hydrogen) atoms. The van der Waals surface area contributed by atoms with Crippen LogP contribution < -0.4 is 5.32 Å². The van der Waals surface area contributed by atoms with Gasteiger partial charge in [-0.2, -0.15) is 4.68 Å². The van der Waals surface area contributed by atoms with Crippen molar-refractivity contribution >= 4 is 11.7 Å². The molecule has 0 aliphatic heterocycles. The third-order valence-corrected chi connectivity index (χ3v) is 4.10. The summed E-state index contributed by atoms with van der Waals surface area (Å²) in [5, 5.41) is 17.3. The number of benzene rings is 1. The smallest absolute Gasteiger partial charge is 0.358 e. The SMILES string of the molecule is C[C@H](NC(=O)Cn1ccc([N+](=O)[O-])n1)C(C)(C)c1ccccc1. The third kappa shape index (κ3) is 3.94. The zero-order valence-electron chi connectivity index (χ0n) is 13.4. The molecule has 0 bridgehead atoms. The molecule has 2 rings (SSSR count). The molecule has 1 aromatic carbocycles. The molecule has 0 fully saturated rings. The fourth-order valence-electron chi connectivity index (χ4n) is 2.27. The maximum Gasteiger partial charge on any atom is 0.389 e. The second-order valence-corrected chi connectivity index (χ2v) is 6.01. The number of carbonyl (C=O) groups excluding carboxylic acids is 1. The number of carbonyl (C=O) groups is 1. The van der Waals surface area contributed by atoms with Crippen molar-refractivity contribution in [1.82, 2.24) is 15.1 Å². The average Bonchev–Trinajstić information content (AvgIpc) is 2.96. The van der Waals surface area contributed by atoms with Crippen LogP contribution in [-0.2, 0) is 16.8 Å². The van der Waals surface area contributed by atoms with Gasteiger partial charge in [-0.05, 0) is 17.4 Å². The fraction of sp³-hybridized carbons (Fsp3) is 0.375. The largest absolute Gasteiger partial charge is 0.389 e. The van der Waals surface area contributed by atoms with Gasteiger partial charge >= 0.3 is 5.82 Å². The molecule has 0 aliphatic rings. The molecule has 0 radical (unpaired) electrons. The van der Waals surface area contributed by atoms with E-state index in [4.69, 9.17) is 0 Å². The first-order valence-electron chi connectivity index (χ1n) is 7.33. The highest BCUT2D eigenvalue weighted by atomic mass is 16.6. The highest BCUT2D eigenvalue weighted by Crippen LogP contribution is 2.26. The van der Waals surface area contributed by atoms with Gasteiger partial charge in [-0.1, -0.05) is 44.2 Å². The van der Waals surface area contributed by atoms with Gasteiger partial charge in [-0.15, -0.1) is 0 Å². The summed E-state index contributed by atoms with van der Waals surface area (Å²) in [6.45, 7) is 6.01. The van der Waals surface area contributed by atoms with Crippen molar-refractivity contribution in [3.8, 4) is 0 Å². The van der Waals surface area contributed by atoms with Crippen LogP contribution in [0.15, 0.2) is 42.6 Å². The van der Waals surface area contributed by atoms with Crippen molar-refractivity contribution in [2.75, 3.05) is 0 Å². The van der Waals surface area contributed by atoms with Crippen LogP contribution in [-0.4, -0.2) is 26.7 Å². The van der Waals surface area contributed by atoms with E-state index in [1.807, 2.05) is 37.3 Å². The Balaban J connectivity index is 2.00. The topological polar surface area (TPSA) is 90.1 Å². The van der Waals surface area contributed by atoms with Gasteiger partial charge in [0.15, 0.2) is 0 Å².